The number of aromatic nitrogens is 2. The van der Waals surface area contributed by atoms with E-state index in [0.29, 0.717) is 17.4 Å². The Kier molecular flexibility index (Phi) is 4.08. The van der Waals surface area contributed by atoms with Crippen LogP contribution in [-0.2, 0) is 10.9 Å². The Bertz CT molecular complexity index is 741. The lowest BCUT2D eigenvalue weighted by Crippen LogP contribution is -2.44. The molecular weight excluding hydrogens is 331 g/mol. The molecule has 0 radical (unpaired) electrons. The van der Waals surface area contributed by atoms with Gasteiger partial charge in [-0.1, -0.05) is 12.1 Å². The Morgan fingerprint density at radius 2 is 1.88 bits per heavy atom. The number of alkyl halides is 3. The molecular formula is C18H20F3N3O. The van der Waals surface area contributed by atoms with Crippen molar-refractivity contribution in [2.45, 2.75) is 37.7 Å². The first-order valence-electron chi connectivity index (χ1n) is 8.48. The van der Waals surface area contributed by atoms with E-state index in [1.165, 1.54) is 12.1 Å². The van der Waals surface area contributed by atoms with E-state index in [4.69, 9.17) is 4.74 Å². The summed E-state index contributed by atoms with van der Waals surface area (Å²) in [6.45, 7) is 4.66. The van der Waals surface area contributed by atoms with Gasteiger partial charge in [-0.15, -0.1) is 0 Å². The number of hydrogen-bond acceptors (Lipinski definition) is 3. The minimum Gasteiger partial charge on any atom is -0.376 e. The molecule has 2 fully saturated rings. The molecule has 7 heteroatoms. The fraction of sp³-hybridized carbons (Fsp3) is 0.500. The number of halogens is 3. The number of nitrogens with zero attached hydrogens (tertiary/aromatic N) is 3. The number of benzene rings is 1. The summed E-state index contributed by atoms with van der Waals surface area (Å²) in [6.07, 6.45) is 0.520. The molecule has 4 nitrogen and oxygen atoms in total. The van der Waals surface area contributed by atoms with Crippen molar-refractivity contribution in [3.8, 4) is 11.4 Å². The van der Waals surface area contributed by atoms with Gasteiger partial charge in [0.05, 0.1) is 18.3 Å². The van der Waals surface area contributed by atoms with Crippen molar-refractivity contribution in [1.82, 2.24) is 14.5 Å². The van der Waals surface area contributed by atoms with Crippen molar-refractivity contribution in [1.29, 1.82) is 0 Å². The minimum atomic E-state index is -4.32. The van der Waals surface area contributed by atoms with Gasteiger partial charge in [-0.2, -0.15) is 13.2 Å². The van der Waals surface area contributed by atoms with Crippen molar-refractivity contribution in [2.75, 3.05) is 19.7 Å². The second-order valence-electron chi connectivity index (χ2n) is 6.87. The molecule has 134 valence electrons. The average Bonchev–Trinajstić information content (AvgIpc) is 3.20. The van der Waals surface area contributed by atoms with Crippen LogP contribution in [0.2, 0.25) is 0 Å². The highest BCUT2D eigenvalue weighted by Crippen LogP contribution is 2.34. The molecule has 2 saturated heterocycles. The third-order valence-electron chi connectivity index (χ3n) is 5.10. The zero-order valence-electron chi connectivity index (χ0n) is 13.9. The van der Waals surface area contributed by atoms with Crippen molar-refractivity contribution >= 4 is 0 Å². The van der Waals surface area contributed by atoms with Crippen LogP contribution >= 0.6 is 0 Å². The summed E-state index contributed by atoms with van der Waals surface area (Å²) in [5, 5.41) is 0. The van der Waals surface area contributed by atoms with Gasteiger partial charge in [0, 0.05) is 43.1 Å². The average molecular weight is 351 g/mol. The third-order valence-corrected chi connectivity index (χ3v) is 5.10. The second-order valence-corrected chi connectivity index (χ2v) is 6.87. The van der Waals surface area contributed by atoms with Crippen LogP contribution < -0.4 is 0 Å². The first-order chi connectivity index (χ1) is 11.9. The Morgan fingerprint density at radius 3 is 2.60 bits per heavy atom. The van der Waals surface area contributed by atoms with Gasteiger partial charge >= 0.3 is 6.18 Å². The van der Waals surface area contributed by atoms with Crippen LogP contribution in [0.25, 0.3) is 11.4 Å². The molecule has 0 aliphatic carbocycles. The standard InChI is InChI=1S/C18H20F3N3O/c1-12-9-23-10-15(8-16(23)11-25-12)24-7-6-22-17(24)13-2-4-14(5-3-13)18(19,20)21/h2-7,12,15-16H,8-11H2,1H3/t12-,15+,16+/m1/s1. The lowest BCUT2D eigenvalue weighted by atomic mass is 10.1. The molecule has 0 unspecified atom stereocenters. The minimum absolute atomic E-state index is 0.243. The van der Waals surface area contributed by atoms with Gasteiger partial charge in [0.1, 0.15) is 5.82 Å². The number of morpholine rings is 1. The number of imidazole rings is 1. The maximum Gasteiger partial charge on any atom is 0.416 e. The second kappa shape index (κ2) is 6.14. The fourth-order valence-corrected chi connectivity index (χ4v) is 3.85. The highest BCUT2D eigenvalue weighted by atomic mass is 19.4. The molecule has 2 aliphatic heterocycles. The molecule has 0 amide bonds. The van der Waals surface area contributed by atoms with Crippen molar-refractivity contribution in [3.05, 3.63) is 42.2 Å². The lowest BCUT2D eigenvalue weighted by Gasteiger charge is -2.33. The molecule has 0 saturated carbocycles. The monoisotopic (exact) mass is 351 g/mol. The molecule has 2 aliphatic rings. The Hall–Kier alpha value is -1.86. The molecule has 0 bridgehead atoms. The van der Waals surface area contributed by atoms with Crippen molar-refractivity contribution in [3.63, 3.8) is 0 Å². The summed E-state index contributed by atoms with van der Waals surface area (Å²) in [7, 11) is 0. The largest absolute Gasteiger partial charge is 0.416 e. The number of rotatable bonds is 2. The summed E-state index contributed by atoms with van der Waals surface area (Å²) in [5.74, 6) is 0.715. The van der Waals surface area contributed by atoms with E-state index in [1.54, 1.807) is 6.20 Å². The first kappa shape index (κ1) is 16.6. The quantitative estimate of drug-likeness (QED) is 0.828. The molecule has 3 heterocycles. The molecule has 1 aromatic carbocycles. The van der Waals surface area contributed by atoms with Crippen molar-refractivity contribution in [2.24, 2.45) is 0 Å². The van der Waals surface area contributed by atoms with Gasteiger partial charge in [0.2, 0.25) is 0 Å². The van der Waals surface area contributed by atoms with Crippen LogP contribution in [0, 0.1) is 0 Å². The molecule has 0 N–H and O–H groups in total. The van der Waals surface area contributed by atoms with E-state index in [-0.39, 0.29) is 12.1 Å². The van der Waals surface area contributed by atoms with E-state index < -0.39 is 11.7 Å². The normalized spacial score (nSPS) is 27.4. The van der Waals surface area contributed by atoms with Gasteiger partial charge in [-0.3, -0.25) is 4.90 Å². The highest BCUT2D eigenvalue weighted by Gasteiger charge is 2.37. The Morgan fingerprint density at radius 1 is 1.12 bits per heavy atom. The smallest absolute Gasteiger partial charge is 0.376 e. The number of hydrogen-bond donors (Lipinski definition) is 0. The molecule has 1 aromatic heterocycles. The van der Waals surface area contributed by atoms with E-state index >= 15 is 0 Å². The number of ether oxygens (including phenoxy) is 1. The summed E-state index contributed by atoms with van der Waals surface area (Å²) in [6, 6.07) is 5.89. The zero-order chi connectivity index (χ0) is 17.6. The van der Waals surface area contributed by atoms with Gasteiger partial charge in [-0.25, -0.2) is 4.98 Å². The lowest BCUT2D eigenvalue weighted by molar-refractivity contribution is -0.137. The van der Waals surface area contributed by atoms with Crippen LogP contribution in [-0.4, -0.2) is 46.3 Å². The summed E-state index contributed by atoms with van der Waals surface area (Å²) < 4.78 is 46.1. The van der Waals surface area contributed by atoms with Gasteiger partial charge in [-0.05, 0) is 25.5 Å². The van der Waals surface area contributed by atoms with Crippen LogP contribution in [0.5, 0.6) is 0 Å². The third kappa shape index (κ3) is 3.18. The van der Waals surface area contributed by atoms with Gasteiger partial charge in [0.25, 0.3) is 0 Å². The fourth-order valence-electron chi connectivity index (χ4n) is 3.85. The van der Waals surface area contributed by atoms with Crippen LogP contribution in [0.15, 0.2) is 36.7 Å². The van der Waals surface area contributed by atoms with E-state index in [9.17, 15) is 13.2 Å². The topological polar surface area (TPSA) is 30.3 Å². The van der Waals surface area contributed by atoms with E-state index in [0.717, 1.165) is 38.2 Å². The summed E-state index contributed by atoms with van der Waals surface area (Å²) >= 11 is 0. The highest BCUT2D eigenvalue weighted by molar-refractivity contribution is 5.56. The molecule has 0 spiro atoms. The predicted octanol–water partition coefficient (Wildman–Crippen LogP) is 3.60. The molecule has 2 aromatic rings. The predicted molar refractivity (Wildman–Crippen MR) is 87.1 cm³/mol. The van der Waals surface area contributed by atoms with E-state index in [1.807, 2.05) is 6.20 Å². The zero-order valence-corrected chi connectivity index (χ0v) is 13.9. The van der Waals surface area contributed by atoms with Gasteiger partial charge < -0.3 is 9.30 Å². The summed E-state index contributed by atoms with van der Waals surface area (Å²) in [4.78, 5) is 6.83. The van der Waals surface area contributed by atoms with Crippen molar-refractivity contribution < 1.29 is 17.9 Å². The van der Waals surface area contributed by atoms with Crippen LogP contribution in [0.3, 0.4) is 0 Å². The molecule has 4 rings (SSSR count). The Balaban J connectivity index is 1.57. The Labute approximate surface area is 144 Å². The molecule has 25 heavy (non-hydrogen) atoms. The molecule has 3 atom stereocenters. The van der Waals surface area contributed by atoms with Gasteiger partial charge in [0.15, 0.2) is 0 Å². The van der Waals surface area contributed by atoms with Crippen LogP contribution in [0.4, 0.5) is 13.2 Å². The number of fused-ring (bicyclic) bond motifs is 1. The SMILES string of the molecule is C[C@@H]1CN2C[C@@H](n3ccnc3-c3ccc(C(F)(F)F)cc3)C[C@H]2CO1. The maximum atomic E-state index is 12.8. The van der Waals surface area contributed by atoms with E-state index in [2.05, 4.69) is 21.4 Å². The van der Waals surface area contributed by atoms with Crippen LogP contribution in [0.1, 0.15) is 24.9 Å². The first-order valence-corrected chi connectivity index (χ1v) is 8.48. The maximum absolute atomic E-state index is 12.8. The summed E-state index contributed by atoms with van der Waals surface area (Å²) in [5.41, 5.74) is 0.0611.